The minimum absolute atomic E-state index is 0.0814. The van der Waals surface area contributed by atoms with Gasteiger partial charge in [-0.05, 0) is 17.5 Å². The number of non-ortho nitro benzene ring substituents is 1. The minimum atomic E-state index is -0.515. The van der Waals surface area contributed by atoms with Crippen molar-refractivity contribution in [1.29, 1.82) is 0 Å². The first-order chi connectivity index (χ1) is 10.1. The van der Waals surface area contributed by atoms with Crippen LogP contribution in [0.5, 0.6) is 0 Å². The van der Waals surface area contributed by atoms with Crippen LogP contribution in [0.3, 0.4) is 0 Å². The zero-order chi connectivity index (χ0) is 15.2. The maximum absolute atomic E-state index is 12.2. The highest BCUT2D eigenvalue weighted by atomic mass is 32.1. The summed E-state index contributed by atoms with van der Waals surface area (Å²) in [7, 11) is 0. The predicted molar refractivity (Wildman–Crippen MR) is 81.3 cm³/mol. The number of nitro groups is 1. The van der Waals surface area contributed by atoms with E-state index < -0.39 is 4.92 Å². The third-order valence-corrected chi connectivity index (χ3v) is 3.42. The first kappa shape index (κ1) is 14.7. The summed E-state index contributed by atoms with van der Waals surface area (Å²) >= 11 is 1.25. The lowest BCUT2D eigenvalue weighted by Gasteiger charge is -2.04. The fourth-order valence-corrected chi connectivity index (χ4v) is 2.36. The third-order valence-electron chi connectivity index (χ3n) is 2.51. The number of nitro benzene ring substituents is 1. The highest BCUT2D eigenvalue weighted by molar-refractivity contribution is 7.12. The molecule has 0 aliphatic rings. The summed E-state index contributed by atoms with van der Waals surface area (Å²) in [5.74, 6) is 5.15. The molecule has 0 aliphatic carbocycles. The number of thiophene rings is 1. The van der Waals surface area contributed by atoms with Crippen LogP contribution in [0, 0.1) is 22.0 Å². The van der Waals surface area contributed by atoms with Crippen LogP contribution in [0.2, 0.25) is 0 Å². The average Bonchev–Trinajstić information content (AvgIpc) is 2.93. The molecule has 2 rings (SSSR count). The van der Waals surface area contributed by atoms with Crippen LogP contribution in [-0.4, -0.2) is 17.4 Å². The Morgan fingerprint density at radius 3 is 2.95 bits per heavy atom. The Kier molecular flexibility index (Phi) is 4.66. The molecule has 2 aromatic rings. The van der Waals surface area contributed by atoms with E-state index in [1.165, 1.54) is 29.5 Å². The van der Waals surface area contributed by atoms with Crippen LogP contribution in [0.25, 0.3) is 0 Å². The Morgan fingerprint density at radius 2 is 2.24 bits per heavy atom. The molecule has 0 aliphatic heterocycles. The van der Waals surface area contributed by atoms with Crippen LogP contribution in [0.4, 0.5) is 11.4 Å². The van der Waals surface area contributed by atoms with Crippen LogP contribution in [0.15, 0.2) is 35.7 Å². The third kappa shape index (κ3) is 3.66. The van der Waals surface area contributed by atoms with Crippen molar-refractivity contribution in [2.24, 2.45) is 5.73 Å². The number of hydrogen-bond acceptors (Lipinski definition) is 5. The number of nitrogens with zero attached hydrogens (tertiary/aromatic N) is 1. The summed E-state index contributed by atoms with van der Waals surface area (Å²) in [4.78, 5) is 22.8. The standard InChI is InChI=1S/C14H11N3O3S/c15-7-2-3-10-6-8-21-13(10)14(18)16-11-4-1-5-12(9-11)17(19)20/h1,4-6,8-9H,7,15H2,(H,16,18). The van der Waals surface area contributed by atoms with E-state index in [1.807, 2.05) is 0 Å². The van der Waals surface area contributed by atoms with Crippen molar-refractivity contribution in [3.8, 4) is 11.8 Å². The van der Waals surface area contributed by atoms with Gasteiger partial charge in [-0.25, -0.2) is 0 Å². The number of rotatable bonds is 3. The Morgan fingerprint density at radius 1 is 1.43 bits per heavy atom. The Hall–Kier alpha value is -2.69. The van der Waals surface area contributed by atoms with E-state index in [-0.39, 0.29) is 18.1 Å². The smallest absolute Gasteiger partial charge is 0.271 e. The van der Waals surface area contributed by atoms with Crippen molar-refractivity contribution < 1.29 is 9.72 Å². The molecule has 3 N–H and O–H groups in total. The molecule has 1 amide bonds. The summed E-state index contributed by atoms with van der Waals surface area (Å²) in [6.45, 7) is 0.210. The molecule has 0 spiro atoms. The second kappa shape index (κ2) is 6.65. The number of hydrogen-bond donors (Lipinski definition) is 2. The van der Waals surface area contributed by atoms with Gasteiger partial charge >= 0.3 is 0 Å². The van der Waals surface area contributed by atoms with Crippen molar-refractivity contribution in [2.45, 2.75) is 0 Å². The van der Waals surface area contributed by atoms with E-state index in [4.69, 9.17) is 5.73 Å². The number of carbonyl (C=O) groups excluding carboxylic acids is 1. The van der Waals surface area contributed by atoms with Gasteiger partial charge in [-0.1, -0.05) is 17.9 Å². The molecule has 0 fully saturated rings. The van der Waals surface area contributed by atoms with Crippen molar-refractivity contribution in [1.82, 2.24) is 0 Å². The number of anilines is 1. The summed E-state index contributed by atoms with van der Waals surface area (Å²) < 4.78 is 0. The normalized spacial score (nSPS) is 9.57. The van der Waals surface area contributed by atoms with Gasteiger partial charge in [0.25, 0.3) is 11.6 Å². The lowest BCUT2D eigenvalue weighted by atomic mass is 10.2. The number of nitrogens with two attached hydrogens (primary N) is 1. The van der Waals surface area contributed by atoms with Crippen molar-refractivity contribution in [3.05, 3.63) is 56.3 Å². The SMILES string of the molecule is NCC#Cc1ccsc1C(=O)Nc1cccc([N+](=O)[O-])c1. The fourth-order valence-electron chi connectivity index (χ4n) is 1.61. The molecule has 7 heteroatoms. The first-order valence-electron chi connectivity index (χ1n) is 5.94. The summed E-state index contributed by atoms with van der Waals surface area (Å²) in [5.41, 5.74) is 6.18. The van der Waals surface area contributed by atoms with Crippen LogP contribution in [0.1, 0.15) is 15.2 Å². The molecule has 0 bridgehead atoms. The molecule has 21 heavy (non-hydrogen) atoms. The second-order valence-electron chi connectivity index (χ2n) is 3.93. The summed E-state index contributed by atoms with van der Waals surface area (Å²) in [6.07, 6.45) is 0. The number of amides is 1. The van der Waals surface area contributed by atoms with Crippen molar-refractivity contribution in [2.75, 3.05) is 11.9 Å². The van der Waals surface area contributed by atoms with Gasteiger partial charge in [0.2, 0.25) is 0 Å². The summed E-state index contributed by atoms with van der Waals surface area (Å²) in [5, 5.41) is 15.1. The Balaban J connectivity index is 2.20. The van der Waals surface area contributed by atoms with Crippen LogP contribution < -0.4 is 11.1 Å². The van der Waals surface area contributed by atoms with E-state index in [0.29, 0.717) is 16.1 Å². The van der Waals surface area contributed by atoms with Gasteiger partial charge in [-0.2, -0.15) is 0 Å². The van der Waals surface area contributed by atoms with Gasteiger partial charge in [0, 0.05) is 23.4 Å². The fraction of sp³-hybridized carbons (Fsp3) is 0.0714. The van der Waals surface area contributed by atoms with Crippen LogP contribution >= 0.6 is 11.3 Å². The monoisotopic (exact) mass is 301 g/mol. The molecule has 6 nitrogen and oxygen atoms in total. The Labute approximate surface area is 124 Å². The van der Waals surface area contributed by atoms with Gasteiger partial charge < -0.3 is 11.1 Å². The highest BCUT2D eigenvalue weighted by Gasteiger charge is 2.13. The molecule has 0 saturated carbocycles. The van der Waals surface area contributed by atoms with E-state index in [0.717, 1.165) is 0 Å². The quantitative estimate of drug-likeness (QED) is 0.516. The number of benzene rings is 1. The van der Waals surface area contributed by atoms with Gasteiger partial charge in [0.05, 0.1) is 11.5 Å². The van der Waals surface area contributed by atoms with Crippen LogP contribution in [-0.2, 0) is 0 Å². The topological polar surface area (TPSA) is 98.3 Å². The van der Waals surface area contributed by atoms with Gasteiger partial charge in [0.15, 0.2) is 0 Å². The summed E-state index contributed by atoms with van der Waals surface area (Å²) in [6, 6.07) is 7.49. The first-order valence-corrected chi connectivity index (χ1v) is 6.82. The number of carbonyl (C=O) groups is 1. The second-order valence-corrected chi connectivity index (χ2v) is 4.85. The zero-order valence-corrected chi connectivity index (χ0v) is 11.6. The maximum Gasteiger partial charge on any atom is 0.271 e. The molecule has 0 saturated heterocycles. The molecule has 1 aromatic carbocycles. The zero-order valence-electron chi connectivity index (χ0n) is 10.8. The maximum atomic E-state index is 12.2. The van der Waals surface area contributed by atoms with E-state index >= 15 is 0 Å². The van der Waals surface area contributed by atoms with E-state index in [1.54, 1.807) is 17.5 Å². The largest absolute Gasteiger partial charge is 0.321 e. The molecule has 0 radical (unpaired) electrons. The van der Waals surface area contributed by atoms with E-state index in [2.05, 4.69) is 17.2 Å². The molecular formula is C14H11N3O3S. The van der Waals surface area contributed by atoms with E-state index in [9.17, 15) is 14.9 Å². The van der Waals surface area contributed by atoms with Crippen molar-refractivity contribution in [3.63, 3.8) is 0 Å². The lowest BCUT2D eigenvalue weighted by molar-refractivity contribution is -0.384. The van der Waals surface area contributed by atoms with Gasteiger partial charge in [-0.3, -0.25) is 14.9 Å². The minimum Gasteiger partial charge on any atom is -0.321 e. The van der Waals surface area contributed by atoms with Crippen molar-refractivity contribution >= 4 is 28.6 Å². The van der Waals surface area contributed by atoms with Gasteiger partial charge in [0.1, 0.15) is 4.88 Å². The Bertz CT molecular complexity index is 743. The highest BCUT2D eigenvalue weighted by Crippen LogP contribution is 2.21. The molecule has 106 valence electrons. The number of nitrogens with one attached hydrogen (secondary N) is 1. The molecular weight excluding hydrogens is 290 g/mol. The molecule has 1 heterocycles. The lowest BCUT2D eigenvalue weighted by Crippen LogP contribution is -2.11. The average molecular weight is 301 g/mol. The van der Waals surface area contributed by atoms with Gasteiger partial charge in [-0.15, -0.1) is 11.3 Å². The molecule has 1 aromatic heterocycles. The predicted octanol–water partition coefficient (Wildman–Crippen LogP) is 2.22. The molecule has 0 unspecified atom stereocenters. The molecule has 0 atom stereocenters.